The first-order valence-corrected chi connectivity index (χ1v) is 11.9. The zero-order valence-corrected chi connectivity index (χ0v) is 16.8. The summed E-state index contributed by atoms with van der Waals surface area (Å²) < 4.78 is 58.1. The largest absolute Gasteiger partial charge is 0.619 e. The smallest absolute Gasteiger partial charge is 0.186 e. The zero-order valence-electron chi connectivity index (χ0n) is 15.1. The fraction of sp³-hybridized carbons (Fsp3) is 0.150. The molecular weight excluding hydrogens is 414 g/mol. The van der Waals surface area contributed by atoms with Gasteiger partial charge in [0.05, 0.1) is 21.1 Å². The van der Waals surface area contributed by atoms with Gasteiger partial charge in [0.15, 0.2) is 32.1 Å². The maximum atomic E-state index is 13.2. The van der Waals surface area contributed by atoms with E-state index in [4.69, 9.17) is 4.74 Å². The Morgan fingerprint density at radius 1 is 1.03 bits per heavy atom. The van der Waals surface area contributed by atoms with E-state index in [1.165, 1.54) is 36.7 Å². The molecule has 3 aromatic rings. The van der Waals surface area contributed by atoms with Gasteiger partial charge in [-0.15, -0.1) is 0 Å². The number of hydrogen-bond acceptors (Lipinski definition) is 6. The monoisotopic (exact) mass is 431 g/mol. The molecule has 0 spiro atoms. The predicted octanol–water partition coefficient (Wildman–Crippen LogP) is 2.20. The molecule has 1 aliphatic heterocycles. The van der Waals surface area contributed by atoms with Gasteiger partial charge < -0.3 is 9.94 Å². The van der Waals surface area contributed by atoms with Crippen molar-refractivity contribution in [2.24, 2.45) is 0 Å². The highest BCUT2D eigenvalue weighted by molar-refractivity contribution is 7.96. The van der Waals surface area contributed by atoms with Crippen LogP contribution in [0.2, 0.25) is 0 Å². The number of ether oxygens (including phenoxy) is 1. The molecule has 0 radical (unpaired) electrons. The lowest BCUT2D eigenvalue weighted by atomic mass is 10.1. The van der Waals surface area contributed by atoms with Crippen LogP contribution in [0, 0.1) is 5.21 Å². The summed E-state index contributed by atoms with van der Waals surface area (Å²) in [5.41, 5.74) is 0.714. The zero-order chi connectivity index (χ0) is 20.6. The standard InChI is InChI=1S/C20H17NO6S2/c22-21-11-5-6-15(12-21)13-27-17-9-4-10-18-20(17)19(14-28(18,23)24)29(25,26)16-7-2-1-3-8-16/h1-12,19H,13-14H2. The van der Waals surface area contributed by atoms with Gasteiger partial charge in [-0.2, -0.15) is 4.73 Å². The van der Waals surface area contributed by atoms with Crippen LogP contribution < -0.4 is 9.47 Å². The SMILES string of the molecule is O=S1(=O)CC(S(=O)(=O)c2ccccc2)c2c(OCc3ccc[n+]([O-])c3)cccc21. The van der Waals surface area contributed by atoms with Crippen LogP contribution in [0.1, 0.15) is 16.4 Å². The van der Waals surface area contributed by atoms with Crippen molar-refractivity contribution < 1.29 is 26.3 Å². The first-order valence-electron chi connectivity index (χ1n) is 8.74. The summed E-state index contributed by atoms with van der Waals surface area (Å²) in [5, 5.41) is 10.2. The maximum Gasteiger partial charge on any atom is 0.186 e. The number of fused-ring (bicyclic) bond motifs is 1. The molecule has 0 amide bonds. The van der Waals surface area contributed by atoms with Crippen LogP contribution in [0.15, 0.2) is 82.8 Å². The second-order valence-corrected chi connectivity index (χ2v) is 10.8. The average molecular weight is 431 g/mol. The molecule has 0 saturated heterocycles. The van der Waals surface area contributed by atoms with E-state index in [9.17, 15) is 22.0 Å². The summed E-state index contributed by atoms with van der Waals surface area (Å²) in [4.78, 5) is 0.0183. The molecule has 150 valence electrons. The minimum atomic E-state index is -3.95. The second-order valence-electron chi connectivity index (χ2n) is 6.66. The maximum absolute atomic E-state index is 13.2. The van der Waals surface area contributed by atoms with Crippen molar-refractivity contribution in [3.05, 3.63) is 89.4 Å². The molecule has 2 aromatic carbocycles. The van der Waals surface area contributed by atoms with E-state index in [1.807, 2.05) is 0 Å². The summed E-state index contributed by atoms with van der Waals surface area (Å²) in [7, 11) is -7.72. The Hall–Kier alpha value is -2.91. The normalized spacial score (nSPS) is 17.6. The number of pyridine rings is 1. The molecule has 0 aliphatic carbocycles. The van der Waals surface area contributed by atoms with E-state index in [0.717, 1.165) is 0 Å². The Balaban J connectivity index is 1.77. The Morgan fingerprint density at radius 3 is 2.52 bits per heavy atom. The number of sulfone groups is 2. The van der Waals surface area contributed by atoms with Crippen LogP contribution in [-0.4, -0.2) is 22.6 Å². The van der Waals surface area contributed by atoms with Crippen molar-refractivity contribution in [2.45, 2.75) is 21.6 Å². The number of hydrogen-bond donors (Lipinski definition) is 0. The Morgan fingerprint density at radius 2 is 1.79 bits per heavy atom. The lowest BCUT2D eigenvalue weighted by molar-refractivity contribution is -0.606. The molecule has 2 heterocycles. The second kappa shape index (κ2) is 7.16. The Kier molecular flexibility index (Phi) is 4.79. The molecule has 7 nitrogen and oxygen atoms in total. The van der Waals surface area contributed by atoms with Crippen molar-refractivity contribution in [2.75, 3.05) is 5.75 Å². The van der Waals surface area contributed by atoms with Gasteiger partial charge in [0.1, 0.15) is 17.6 Å². The molecule has 0 fully saturated rings. The van der Waals surface area contributed by atoms with Crippen LogP contribution in [0.25, 0.3) is 0 Å². The van der Waals surface area contributed by atoms with Crippen molar-refractivity contribution in [3.8, 4) is 5.75 Å². The van der Waals surface area contributed by atoms with Gasteiger partial charge in [-0.1, -0.05) is 24.3 Å². The molecule has 29 heavy (non-hydrogen) atoms. The molecule has 0 N–H and O–H groups in total. The molecule has 1 aromatic heterocycles. The number of nitrogens with zero attached hydrogens (tertiary/aromatic N) is 1. The van der Waals surface area contributed by atoms with E-state index in [2.05, 4.69) is 0 Å². The van der Waals surface area contributed by atoms with E-state index in [-0.39, 0.29) is 27.7 Å². The van der Waals surface area contributed by atoms with Crippen molar-refractivity contribution in [3.63, 3.8) is 0 Å². The summed E-state index contributed by atoms with van der Waals surface area (Å²) >= 11 is 0. The van der Waals surface area contributed by atoms with E-state index in [0.29, 0.717) is 10.3 Å². The quantitative estimate of drug-likeness (QED) is 0.453. The lowest BCUT2D eigenvalue weighted by Gasteiger charge is -2.16. The first-order chi connectivity index (χ1) is 13.8. The number of aromatic nitrogens is 1. The third-order valence-corrected chi connectivity index (χ3v) is 8.82. The van der Waals surface area contributed by atoms with Crippen molar-refractivity contribution in [1.82, 2.24) is 0 Å². The van der Waals surface area contributed by atoms with Gasteiger partial charge in [0.2, 0.25) is 0 Å². The highest BCUT2D eigenvalue weighted by Crippen LogP contribution is 2.45. The minimum Gasteiger partial charge on any atom is -0.619 e. The van der Waals surface area contributed by atoms with Crippen LogP contribution >= 0.6 is 0 Å². The summed E-state index contributed by atoms with van der Waals surface area (Å²) in [6.07, 6.45) is 2.66. The first kappa shape index (κ1) is 19.4. The minimum absolute atomic E-state index is 0.00230. The van der Waals surface area contributed by atoms with Gasteiger partial charge in [-0.3, -0.25) is 0 Å². The van der Waals surface area contributed by atoms with E-state index < -0.39 is 30.7 Å². The van der Waals surface area contributed by atoms with Crippen molar-refractivity contribution >= 4 is 19.7 Å². The van der Waals surface area contributed by atoms with Gasteiger partial charge in [0.25, 0.3) is 0 Å². The highest BCUT2D eigenvalue weighted by atomic mass is 32.2. The van der Waals surface area contributed by atoms with Crippen LogP contribution in [0.5, 0.6) is 5.75 Å². The molecule has 4 rings (SSSR count). The van der Waals surface area contributed by atoms with Gasteiger partial charge in [-0.25, -0.2) is 16.8 Å². The highest BCUT2D eigenvalue weighted by Gasteiger charge is 2.45. The van der Waals surface area contributed by atoms with Crippen LogP contribution in [0.4, 0.5) is 0 Å². The topological polar surface area (TPSA) is 104 Å². The molecule has 9 heteroatoms. The van der Waals surface area contributed by atoms with Gasteiger partial charge in [-0.05, 0) is 30.3 Å². The summed E-state index contributed by atoms with van der Waals surface area (Å²) in [6, 6.07) is 15.5. The van der Waals surface area contributed by atoms with Crippen molar-refractivity contribution in [1.29, 1.82) is 0 Å². The number of benzene rings is 2. The predicted molar refractivity (Wildman–Crippen MR) is 105 cm³/mol. The number of rotatable bonds is 5. The molecule has 1 unspecified atom stereocenters. The van der Waals surface area contributed by atoms with Crippen LogP contribution in [0.3, 0.4) is 0 Å². The van der Waals surface area contributed by atoms with Crippen LogP contribution in [-0.2, 0) is 26.3 Å². The van der Waals surface area contributed by atoms with Gasteiger partial charge >= 0.3 is 0 Å². The Bertz CT molecular complexity index is 1270. The summed E-state index contributed by atoms with van der Waals surface area (Å²) in [6.45, 7) is -0.00230. The van der Waals surface area contributed by atoms with E-state index in [1.54, 1.807) is 36.4 Å². The third kappa shape index (κ3) is 3.58. The van der Waals surface area contributed by atoms with E-state index >= 15 is 0 Å². The molecular formula is C20H17NO6S2. The average Bonchev–Trinajstić information content (AvgIpc) is 2.99. The summed E-state index contributed by atoms with van der Waals surface area (Å²) in [5.74, 6) is -0.361. The Labute approximate surface area is 168 Å². The fourth-order valence-electron chi connectivity index (χ4n) is 3.38. The molecule has 0 bridgehead atoms. The third-order valence-electron chi connectivity index (χ3n) is 4.73. The molecule has 0 saturated carbocycles. The fourth-order valence-corrected chi connectivity index (χ4v) is 7.73. The van der Waals surface area contributed by atoms with Gasteiger partial charge in [0, 0.05) is 11.6 Å². The molecule has 1 atom stereocenters. The lowest BCUT2D eigenvalue weighted by Crippen LogP contribution is -2.25. The molecule has 1 aliphatic rings.